The second-order valence-corrected chi connectivity index (χ2v) is 7.83. The first-order valence-corrected chi connectivity index (χ1v) is 11.0. The van der Waals surface area contributed by atoms with Crippen LogP contribution in [0.25, 0.3) is 0 Å². The molecule has 30 heavy (non-hydrogen) atoms. The number of morpholine rings is 1. The minimum absolute atomic E-state index is 0. The highest BCUT2D eigenvalue weighted by molar-refractivity contribution is 14.0. The first-order chi connectivity index (χ1) is 14.2. The molecule has 2 unspecified atom stereocenters. The molecule has 1 saturated carbocycles. The maximum Gasteiger partial charge on any atom is 0.191 e. The number of rotatable bonds is 8. The molecule has 2 heterocycles. The molecular formula is C22H38IN5O2. The number of nitrogens with zero attached hydrogens (tertiary/aromatic N) is 3. The van der Waals surface area contributed by atoms with Crippen molar-refractivity contribution in [1.82, 2.24) is 15.6 Å². The van der Waals surface area contributed by atoms with E-state index in [0.29, 0.717) is 18.7 Å². The van der Waals surface area contributed by atoms with Crippen molar-refractivity contribution in [2.24, 2.45) is 10.4 Å². The number of halogens is 1. The van der Waals surface area contributed by atoms with E-state index in [1.807, 2.05) is 19.3 Å². The van der Waals surface area contributed by atoms with E-state index >= 15 is 0 Å². The van der Waals surface area contributed by atoms with Gasteiger partial charge in [-0.2, -0.15) is 0 Å². The summed E-state index contributed by atoms with van der Waals surface area (Å²) in [7, 11) is 1.83. The van der Waals surface area contributed by atoms with Crippen LogP contribution in [0.15, 0.2) is 23.3 Å². The smallest absolute Gasteiger partial charge is 0.191 e. The molecule has 170 valence electrons. The van der Waals surface area contributed by atoms with E-state index in [4.69, 9.17) is 9.47 Å². The average Bonchev–Trinajstić information content (AvgIpc) is 2.77. The number of hydrogen-bond donors (Lipinski definition) is 2. The molecule has 0 bridgehead atoms. The van der Waals surface area contributed by atoms with Gasteiger partial charge in [0, 0.05) is 56.5 Å². The van der Waals surface area contributed by atoms with E-state index in [9.17, 15) is 0 Å². The summed E-state index contributed by atoms with van der Waals surface area (Å²) < 4.78 is 11.5. The fraction of sp³-hybridized carbons (Fsp3) is 0.727. The minimum Gasteiger partial charge on any atom is -0.378 e. The molecule has 2 aliphatic rings. The quantitative estimate of drug-likeness (QED) is 0.305. The van der Waals surface area contributed by atoms with Crippen molar-refractivity contribution in [1.29, 1.82) is 0 Å². The van der Waals surface area contributed by atoms with Crippen LogP contribution in [-0.2, 0) is 16.0 Å². The van der Waals surface area contributed by atoms with Gasteiger partial charge in [-0.15, -0.1) is 24.0 Å². The number of aliphatic imine (C=N–C) groups is 1. The highest BCUT2D eigenvalue weighted by Gasteiger charge is 2.53. The maximum absolute atomic E-state index is 6.01. The zero-order chi connectivity index (χ0) is 20.7. The zero-order valence-corrected chi connectivity index (χ0v) is 21.1. The molecule has 0 radical (unpaired) electrons. The van der Waals surface area contributed by atoms with Crippen LogP contribution < -0.4 is 15.5 Å². The lowest BCUT2D eigenvalue weighted by atomic mass is 9.58. The van der Waals surface area contributed by atoms with Gasteiger partial charge in [-0.1, -0.05) is 19.9 Å². The van der Waals surface area contributed by atoms with Crippen molar-refractivity contribution in [2.45, 2.75) is 58.7 Å². The number of anilines is 1. The Labute approximate surface area is 198 Å². The monoisotopic (exact) mass is 531 g/mol. The van der Waals surface area contributed by atoms with E-state index in [1.165, 1.54) is 5.56 Å². The first-order valence-electron chi connectivity index (χ1n) is 11.0. The summed E-state index contributed by atoms with van der Waals surface area (Å²) in [5, 5.41) is 7.16. The molecule has 0 amide bonds. The van der Waals surface area contributed by atoms with Crippen LogP contribution in [0, 0.1) is 5.41 Å². The second-order valence-electron chi connectivity index (χ2n) is 7.83. The van der Waals surface area contributed by atoms with E-state index in [2.05, 4.69) is 52.3 Å². The molecule has 1 aliphatic heterocycles. The third-order valence-corrected chi connectivity index (χ3v) is 6.63. The largest absolute Gasteiger partial charge is 0.378 e. The zero-order valence-electron chi connectivity index (χ0n) is 18.8. The van der Waals surface area contributed by atoms with Crippen LogP contribution in [0.2, 0.25) is 0 Å². The molecule has 0 aromatic carbocycles. The normalized spacial score (nSPS) is 23.3. The summed E-state index contributed by atoms with van der Waals surface area (Å²) in [5.74, 6) is 1.88. The van der Waals surface area contributed by atoms with Gasteiger partial charge in [0.1, 0.15) is 5.82 Å². The van der Waals surface area contributed by atoms with Crippen molar-refractivity contribution in [3.05, 3.63) is 23.9 Å². The van der Waals surface area contributed by atoms with E-state index < -0.39 is 0 Å². The molecule has 1 aliphatic carbocycles. The topological polar surface area (TPSA) is 71.0 Å². The number of pyridine rings is 1. The highest BCUT2D eigenvalue weighted by Crippen LogP contribution is 2.48. The lowest BCUT2D eigenvalue weighted by Gasteiger charge is -2.55. The Morgan fingerprint density at radius 2 is 2.03 bits per heavy atom. The standard InChI is InChI=1S/C22H37N5O2.HI/c1-5-22(6-2)18(15-19(22)29-7-3)26-21(23-4)25-16-17-9-8-10-24-20(17)27-11-13-28-14-12-27;/h8-10,18-19H,5-7,11-16H2,1-4H3,(H2,23,25,26);1H. The van der Waals surface area contributed by atoms with Gasteiger partial charge in [-0.3, -0.25) is 4.99 Å². The van der Waals surface area contributed by atoms with E-state index in [-0.39, 0.29) is 29.4 Å². The van der Waals surface area contributed by atoms with Crippen molar-refractivity contribution in [2.75, 3.05) is 44.9 Å². The van der Waals surface area contributed by atoms with Crippen LogP contribution in [0.1, 0.15) is 45.6 Å². The Kier molecular flexibility index (Phi) is 10.1. The van der Waals surface area contributed by atoms with Gasteiger partial charge in [0.15, 0.2) is 5.96 Å². The van der Waals surface area contributed by atoms with Crippen molar-refractivity contribution >= 4 is 35.8 Å². The van der Waals surface area contributed by atoms with Crippen molar-refractivity contribution in [3.8, 4) is 0 Å². The number of nitrogens with one attached hydrogen (secondary N) is 2. The van der Waals surface area contributed by atoms with Gasteiger partial charge >= 0.3 is 0 Å². The second kappa shape index (κ2) is 12.0. The number of aromatic nitrogens is 1. The number of guanidine groups is 1. The molecule has 2 fully saturated rings. The lowest BCUT2D eigenvalue weighted by molar-refractivity contribution is -0.133. The lowest BCUT2D eigenvalue weighted by Crippen LogP contribution is -2.65. The van der Waals surface area contributed by atoms with E-state index in [1.54, 1.807) is 0 Å². The van der Waals surface area contributed by atoms with E-state index in [0.717, 1.165) is 64.0 Å². The maximum atomic E-state index is 6.01. The van der Waals surface area contributed by atoms with Crippen molar-refractivity contribution in [3.63, 3.8) is 0 Å². The molecule has 1 aromatic rings. The Morgan fingerprint density at radius 3 is 2.67 bits per heavy atom. The Morgan fingerprint density at radius 1 is 1.30 bits per heavy atom. The van der Waals surface area contributed by atoms with Gasteiger partial charge < -0.3 is 25.0 Å². The predicted octanol–water partition coefficient (Wildman–Crippen LogP) is 3.19. The SMILES string of the molecule is CCOC1CC(NC(=NC)NCc2cccnc2N2CCOCC2)C1(CC)CC.I. The first kappa shape index (κ1) is 25.1. The summed E-state index contributed by atoms with van der Waals surface area (Å²) in [5.41, 5.74) is 1.36. The molecule has 8 heteroatoms. The average molecular weight is 531 g/mol. The van der Waals surface area contributed by atoms with Crippen molar-refractivity contribution < 1.29 is 9.47 Å². The predicted molar refractivity (Wildman–Crippen MR) is 133 cm³/mol. The van der Waals surface area contributed by atoms with Gasteiger partial charge in [0.2, 0.25) is 0 Å². The molecule has 1 aromatic heterocycles. The molecule has 2 atom stereocenters. The van der Waals surface area contributed by atoms with Gasteiger partial charge in [-0.25, -0.2) is 4.98 Å². The van der Waals surface area contributed by atoms with Crippen LogP contribution in [0.5, 0.6) is 0 Å². The molecule has 3 rings (SSSR count). The summed E-state index contributed by atoms with van der Waals surface area (Å²) in [6.45, 7) is 11.4. The van der Waals surface area contributed by atoms with Crippen LogP contribution in [0.3, 0.4) is 0 Å². The van der Waals surface area contributed by atoms with Crippen LogP contribution >= 0.6 is 24.0 Å². The number of ether oxygens (including phenoxy) is 2. The van der Waals surface area contributed by atoms with Gasteiger partial charge in [0.05, 0.1) is 19.3 Å². The molecular weight excluding hydrogens is 493 g/mol. The molecule has 0 spiro atoms. The fourth-order valence-corrected chi connectivity index (χ4v) is 4.75. The van der Waals surface area contributed by atoms with Crippen LogP contribution in [0.4, 0.5) is 5.82 Å². The Bertz CT molecular complexity index is 677. The number of hydrogen-bond acceptors (Lipinski definition) is 5. The summed E-state index contributed by atoms with van der Waals surface area (Å²) in [6.07, 6.45) is 5.44. The Balaban J connectivity index is 0.00000320. The molecule has 7 nitrogen and oxygen atoms in total. The summed E-state index contributed by atoms with van der Waals surface area (Å²) in [6, 6.07) is 4.51. The molecule has 2 N–H and O–H groups in total. The third-order valence-electron chi connectivity index (χ3n) is 6.63. The minimum atomic E-state index is 0. The third kappa shape index (κ3) is 5.37. The van der Waals surface area contributed by atoms with Gasteiger partial charge in [0.25, 0.3) is 0 Å². The Hall–Kier alpha value is -1.13. The summed E-state index contributed by atoms with van der Waals surface area (Å²) in [4.78, 5) is 11.4. The fourth-order valence-electron chi connectivity index (χ4n) is 4.75. The summed E-state index contributed by atoms with van der Waals surface area (Å²) >= 11 is 0. The molecule has 1 saturated heterocycles. The van der Waals surface area contributed by atoms with Crippen LogP contribution in [-0.4, -0.2) is 63.0 Å². The highest BCUT2D eigenvalue weighted by atomic mass is 127. The van der Waals surface area contributed by atoms with Gasteiger partial charge in [-0.05, 0) is 32.3 Å².